The Kier molecular flexibility index (Phi) is 27.1. The Morgan fingerprint density at radius 2 is 1.17 bits per heavy atom. The van der Waals surface area contributed by atoms with E-state index in [-0.39, 0.29) is 56.1 Å². The number of unbranched alkanes of at least 4 members (excludes halogenated alkanes) is 1. The van der Waals surface area contributed by atoms with Crippen LogP contribution < -0.4 is 59.7 Å². The zero-order valence-electron chi connectivity index (χ0n) is 36.7. The van der Waals surface area contributed by atoms with Crippen molar-refractivity contribution in [1.29, 1.82) is 0 Å². The fourth-order valence-electron chi connectivity index (χ4n) is 5.87. The standard InChI is InChI=1S/C40H65N11O12S2/c1-21(2)15-27(37(59)50-29(20-65)40(62)63)49-39(61)33(22(3)52)51-32(55)18-44-31(54)17-45-35(57)25(11-7-8-14-41)46-36(58)26(12-13-30(43)53)47-38(60)28(48-34(56)24(42)19-64)16-23-9-5-4-6-10-23/h4-6,9-10,21-22,24-29,33,52,64-65H,7-8,11-20,41-42H2,1-3H3,(H2,43,53)(H,44,54)(H,45,57)(H,46,58)(H,47,60)(H,48,56)(H,49,61)(H,50,59)(H,51,55)(H,62,63). The Bertz CT molecular complexity index is 1780. The molecule has 1 aromatic rings. The number of amides is 9. The summed E-state index contributed by atoms with van der Waals surface area (Å²) < 4.78 is 0. The Morgan fingerprint density at radius 3 is 1.71 bits per heavy atom. The number of hydrogen-bond acceptors (Lipinski definition) is 15. The van der Waals surface area contributed by atoms with Gasteiger partial charge in [-0.05, 0) is 57.1 Å². The minimum Gasteiger partial charge on any atom is -0.480 e. The lowest BCUT2D eigenvalue weighted by Crippen LogP contribution is -2.59. The second kappa shape index (κ2) is 30.6. The first-order chi connectivity index (χ1) is 30.6. The highest BCUT2D eigenvalue weighted by Gasteiger charge is 2.33. The Hall–Kier alpha value is -5.50. The highest BCUT2D eigenvalue weighted by Crippen LogP contribution is 2.10. The predicted octanol–water partition coefficient (Wildman–Crippen LogP) is -4.54. The van der Waals surface area contributed by atoms with Gasteiger partial charge in [-0.15, -0.1) is 0 Å². The molecule has 23 nitrogen and oxygen atoms in total. The molecular formula is C40H65N11O12S2. The predicted molar refractivity (Wildman–Crippen MR) is 244 cm³/mol. The van der Waals surface area contributed by atoms with Crippen LogP contribution in [0, 0.1) is 5.92 Å². The number of benzene rings is 1. The van der Waals surface area contributed by atoms with Crippen molar-refractivity contribution < 1.29 is 58.2 Å². The number of carbonyl (C=O) groups is 10. The second-order valence-electron chi connectivity index (χ2n) is 15.5. The maximum Gasteiger partial charge on any atom is 0.327 e. The molecule has 0 aliphatic carbocycles. The van der Waals surface area contributed by atoms with E-state index in [1.54, 1.807) is 44.2 Å². The lowest BCUT2D eigenvalue weighted by Gasteiger charge is -2.26. The number of rotatable bonds is 31. The first-order valence-electron chi connectivity index (χ1n) is 20.9. The van der Waals surface area contributed by atoms with E-state index in [1.165, 1.54) is 6.92 Å². The largest absolute Gasteiger partial charge is 0.480 e. The summed E-state index contributed by atoms with van der Waals surface area (Å²) in [6.45, 7) is 3.53. The van der Waals surface area contributed by atoms with Crippen molar-refractivity contribution in [2.24, 2.45) is 23.1 Å². The summed E-state index contributed by atoms with van der Waals surface area (Å²) in [4.78, 5) is 128. The minimum absolute atomic E-state index is 0.000239. The van der Waals surface area contributed by atoms with Crippen LogP contribution in [0.5, 0.6) is 0 Å². The molecular weight excluding hydrogens is 891 g/mol. The molecule has 9 amide bonds. The van der Waals surface area contributed by atoms with Crippen LogP contribution in [-0.4, -0.2) is 149 Å². The molecule has 0 radical (unpaired) electrons. The fourth-order valence-corrected chi connectivity index (χ4v) is 6.28. The van der Waals surface area contributed by atoms with Crippen LogP contribution in [0.4, 0.5) is 0 Å². The third kappa shape index (κ3) is 22.8. The number of aliphatic carboxylic acids is 1. The van der Waals surface area contributed by atoms with Crippen molar-refractivity contribution >= 4 is 84.4 Å². The van der Waals surface area contributed by atoms with Gasteiger partial charge in [0.15, 0.2) is 0 Å². The first kappa shape index (κ1) is 57.5. The van der Waals surface area contributed by atoms with Crippen LogP contribution in [0.15, 0.2) is 30.3 Å². The van der Waals surface area contributed by atoms with Crippen molar-refractivity contribution in [1.82, 2.24) is 42.5 Å². The number of hydrogen-bond donors (Lipinski definition) is 15. The van der Waals surface area contributed by atoms with E-state index >= 15 is 0 Å². The normalized spacial score (nSPS) is 14.7. The second-order valence-corrected chi connectivity index (χ2v) is 16.2. The van der Waals surface area contributed by atoms with E-state index in [0.717, 1.165) is 0 Å². The minimum atomic E-state index is -1.61. The summed E-state index contributed by atoms with van der Waals surface area (Å²) in [6.07, 6.45) is -1.23. The lowest BCUT2D eigenvalue weighted by atomic mass is 10.0. The molecule has 364 valence electrons. The number of nitrogens with one attached hydrogen (secondary N) is 8. The van der Waals surface area contributed by atoms with E-state index in [9.17, 15) is 58.2 Å². The van der Waals surface area contributed by atoms with Crippen LogP contribution in [0.25, 0.3) is 0 Å². The third-order valence-corrected chi connectivity index (χ3v) is 10.2. The number of carboxylic acid groups (broad SMARTS) is 1. The number of carbonyl (C=O) groups excluding carboxylic acids is 9. The zero-order chi connectivity index (χ0) is 49.2. The molecule has 0 aliphatic rings. The van der Waals surface area contributed by atoms with Crippen molar-refractivity contribution in [3.63, 3.8) is 0 Å². The van der Waals surface area contributed by atoms with E-state index in [1.807, 2.05) is 0 Å². The summed E-state index contributed by atoms with van der Waals surface area (Å²) in [5.74, 6) is -9.35. The summed E-state index contributed by atoms with van der Waals surface area (Å²) >= 11 is 7.95. The summed E-state index contributed by atoms with van der Waals surface area (Å²) in [7, 11) is 0. The molecule has 8 atom stereocenters. The van der Waals surface area contributed by atoms with Gasteiger partial charge in [0.2, 0.25) is 53.2 Å². The van der Waals surface area contributed by atoms with Crippen LogP contribution >= 0.6 is 25.3 Å². The van der Waals surface area contributed by atoms with E-state index in [4.69, 9.17) is 17.2 Å². The number of nitrogens with two attached hydrogens (primary N) is 3. The molecule has 16 N–H and O–H groups in total. The van der Waals surface area contributed by atoms with Crippen LogP contribution in [-0.2, 0) is 54.4 Å². The van der Waals surface area contributed by atoms with Gasteiger partial charge in [0.1, 0.15) is 36.3 Å². The highest BCUT2D eigenvalue weighted by atomic mass is 32.1. The van der Waals surface area contributed by atoms with Crippen LogP contribution in [0.1, 0.15) is 64.9 Å². The molecule has 0 saturated carbocycles. The molecule has 25 heteroatoms. The fraction of sp³-hybridized carbons (Fsp3) is 0.600. The van der Waals surface area contributed by atoms with Gasteiger partial charge in [-0.3, -0.25) is 43.2 Å². The molecule has 0 spiro atoms. The van der Waals surface area contributed by atoms with Crippen molar-refractivity contribution in [3.05, 3.63) is 35.9 Å². The van der Waals surface area contributed by atoms with Gasteiger partial charge in [0.25, 0.3) is 0 Å². The number of aliphatic hydroxyl groups is 1. The van der Waals surface area contributed by atoms with E-state index < -0.39 is 121 Å². The Morgan fingerprint density at radius 1 is 0.631 bits per heavy atom. The maximum absolute atomic E-state index is 13.7. The molecule has 0 fully saturated rings. The van der Waals surface area contributed by atoms with Crippen LogP contribution in [0.3, 0.4) is 0 Å². The average molecular weight is 956 g/mol. The quantitative estimate of drug-likeness (QED) is 0.0246. The smallest absolute Gasteiger partial charge is 0.327 e. The van der Waals surface area contributed by atoms with Gasteiger partial charge in [-0.25, -0.2) is 4.79 Å². The SMILES string of the molecule is CC(C)CC(NC(=O)C(NC(=O)CNC(=O)CNC(=O)C(CCCCN)NC(=O)C(CCC(N)=O)NC(=O)C(Cc1ccccc1)NC(=O)C(N)CS)C(C)O)C(=O)NC(CS)C(=O)O. The number of aliphatic hydroxyl groups excluding tert-OH is 1. The molecule has 0 aromatic heterocycles. The van der Waals surface area contributed by atoms with Crippen LogP contribution in [0.2, 0.25) is 0 Å². The zero-order valence-corrected chi connectivity index (χ0v) is 38.5. The molecule has 8 unspecified atom stereocenters. The Labute approximate surface area is 388 Å². The molecule has 0 heterocycles. The van der Waals surface area contributed by atoms with Crippen molar-refractivity contribution in [2.45, 2.75) is 114 Å². The maximum atomic E-state index is 13.7. The topological polar surface area (TPSA) is 385 Å². The number of carboxylic acids is 1. The van der Waals surface area contributed by atoms with Gasteiger partial charge < -0.3 is 69.9 Å². The summed E-state index contributed by atoms with van der Waals surface area (Å²) in [5.41, 5.74) is 17.5. The summed E-state index contributed by atoms with van der Waals surface area (Å²) in [6, 6.07) is -0.531. The van der Waals surface area contributed by atoms with Gasteiger partial charge in [0, 0.05) is 24.3 Å². The van der Waals surface area contributed by atoms with Gasteiger partial charge in [-0.1, -0.05) is 44.2 Å². The molecule has 1 rings (SSSR count). The van der Waals surface area contributed by atoms with Crippen molar-refractivity contribution in [3.8, 4) is 0 Å². The third-order valence-electron chi connectivity index (χ3n) is 9.43. The molecule has 1 aromatic carbocycles. The Balaban J connectivity index is 3.05. The average Bonchev–Trinajstić information content (AvgIpc) is 3.25. The van der Waals surface area contributed by atoms with Gasteiger partial charge in [-0.2, -0.15) is 25.3 Å². The lowest BCUT2D eigenvalue weighted by molar-refractivity contribution is -0.141. The molecule has 65 heavy (non-hydrogen) atoms. The number of primary amides is 1. The molecule has 0 bridgehead atoms. The van der Waals surface area contributed by atoms with E-state index in [0.29, 0.717) is 18.4 Å². The van der Waals surface area contributed by atoms with Crippen molar-refractivity contribution in [2.75, 3.05) is 31.1 Å². The highest BCUT2D eigenvalue weighted by molar-refractivity contribution is 7.80. The van der Waals surface area contributed by atoms with Gasteiger partial charge in [0.05, 0.1) is 25.2 Å². The molecule has 0 saturated heterocycles. The van der Waals surface area contributed by atoms with Gasteiger partial charge >= 0.3 is 5.97 Å². The molecule has 0 aliphatic heterocycles. The summed E-state index contributed by atoms with van der Waals surface area (Å²) in [5, 5.41) is 38.8. The first-order valence-corrected chi connectivity index (χ1v) is 22.2. The van der Waals surface area contributed by atoms with E-state index in [2.05, 4.69) is 67.8 Å². The monoisotopic (exact) mass is 955 g/mol. The number of thiol groups is 2.